The van der Waals surface area contributed by atoms with Crippen LogP contribution in [0.15, 0.2) is 65.7 Å². The van der Waals surface area contributed by atoms with Crippen molar-refractivity contribution in [3.8, 4) is 11.4 Å². The maximum absolute atomic E-state index is 13.5. The van der Waals surface area contributed by atoms with E-state index in [1.54, 1.807) is 53.0 Å². The predicted molar refractivity (Wildman–Crippen MR) is 103 cm³/mol. The first-order valence-electron chi connectivity index (χ1n) is 8.00. The molecule has 0 aliphatic rings. The molecule has 0 fully saturated rings. The van der Waals surface area contributed by atoms with Gasteiger partial charge in [0.2, 0.25) is 0 Å². The Morgan fingerprint density at radius 2 is 1.89 bits per heavy atom. The molecule has 0 radical (unpaired) electrons. The molecule has 0 atom stereocenters. The first kappa shape index (κ1) is 17.6. The van der Waals surface area contributed by atoms with Crippen LogP contribution in [0.5, 0.6) is 0 Å². The number of ketones is 1. The third-order valence-electron chi connectivity index (χ3n) is 3.84. The smallest absolute Gasteiger partial charge is 0.185 e. The van der Waals surface area contributed by atoms with Gasteiger partial charge in [0.05, 0.1) is 5.75 Å². The Hall–Kier alpha value is -2.77. The zero-order chi connectivity index (χ0) is 18.8. The van der Waals surface area contributed by atoms with Crippen molar-refractivity contribution in [3.63, 3.8) is 0 Å². The number of hydrogen-bond donors (Lipinski definition) is 0. The predicted octanol–water partition coefficient (Wildman–Crippen LogP) is 4.56. The lowest BCUT2D eigenvalue weighted by molar-refractivity contribution is 0.102. The topological polar surface area (TPSA) is 60.2 Å². The molecule has 4 aromatic rings. The standard InChI is InChI=1S/C19H12ClFN4OS/c20-14-6-4-12(5-7-14)16(26)11-27-18-9-8-17-22-23-19(25(17)24-18)13-2-1-3-15(21)10-13/h1-10H,11H2. The molecule has 0 saturated carbocycles. The molecule has 134 valence electrons. The maximum atomic E-state index is 13.5. The van der Waals surface area contributed by atoms with Crippen LogP contribution in [0.4, 0.5) is 4.39 Å². The second-order valence-electron chi connectivity index (χ2n) is 5.69. The largest absolute Gasteiger partial charge is 0.293 e. The Bertz CT molecular complexity index is 1130. The van der Waals surface area contributed by atoms with E-state index < -0.39 is 0 Å². The third kappa shape index (κ3) is 3.84. The Morgan fingerprint density at radius 1 is 1.07 bits per heavy atom. The van der Waals surface area contributed by atoms with Gasteiger partial charge in [-0.1, -0.05) is 35.5 Å². The van der Waals surface area contributed by atoms with E-state index >= 15 is 0 Å². The molecule has 5 nitrogen and oxygen atoms in total. The molecule has 0 aliphatic heterocycles. The fraction of sp³-hybridized carbons (Fsp3) is 0.0526. The van der Waals surface area contributed by atoms with Crippen LogP contribution in [0.25, 0.3) is 17.0 Å². The molecule has 0 unspecified atom stereocenters. The molecule has 27 heavy (non-hydrogen) atoms. The number of nitrogens with zero attached hydrogens (tertiary/aromatic N) is 4. The van der Waals surface area contributed by atoms with Crippen molar-refractivity contribution in [3.05, 3.63) is 77.1 Å². The fourth-order valence-electron chi connectivity index (χ4n) is 2.52. The van der Waals surface area contributed by atoms with Crippen molar-refractivity contribution in [1.29, 1.82) is 0 Å². The summed E-state index contributed by atoms with van der Waals surface area (Å²) in [4.78, 5) is 12.3. The molecule has 0 bridgehead atoms. The minimum absolute atomic E-state index is 0.0207. The molecular formula is C19H12ClFN4OS. The van der Waals surface area contributed by atoms with Gasteiger partial charge >= 0.3 is 0 Å². The molecule has 2 aromatic heterocycles. The lowest BCUT2D eigenvalue weighted by Crippen LogP contribution is -2.03. The van der Waals surface area contributed by atoms with Crippen LogP contribution in [-0.2, 0) is 0 Å². The SMILES string of the molecule is O=C(CSc1ccc2nnc(-c3cccc(F)c3)n2n1)c1ccc(Cl)cc1. The lowest BCUT2D eigenvalue weighted by atomic mass is 10.1. The van der Waals surface area contributed by atoms with E-state index in [0.717, 1.165) is 0 Å². The van der Waals surface area contributed by atoms with Crippen molar-refractivity contribution in [2.75, 3.05) is 5.75 Å². The molecule has 8 heteroatoms. The van der Waals surface area contributed by atoms with Crippen LogP contribution >= 0.6 is 23.4 Å². The third-order valence-corrected chi connectivity index (χ3v) is 5.01. The summed E-state index contributed by atoms with van der Waals surface area (Å²) in [5.74, 6) is 0.296. The van der Waals surface area contributed by atoms with E-state index in [2.05, 4.69) is 15.3 Å². The average Bonchev–Trinajstić information content (AvgIpc) is 3.10. The van der Waals surface area contributed by atoms with Gasteiger partial charge in [-0.3, -0.25) is 4.79 Å². The molecule has 0 aliphatic carbocycles. The number of fused-ring (bicyclic) bond motifs is 1. The van der Waals surface area contributed by atoms with Crippen LogP contribution in [0.3, 0.4) is 0 Å². The molecular weight excluding hydrogens is 387 g/mol. The molecule has 0 amide bonds. The summed E-state index contributed by atoms with van der Waals surface area (Å²) in [6.07, 6.45) is 0. The van der Waals surface area contributed by atoms with Crippen LogP contribution in [0.1, 0.15) is 10.4 Å². The van der Waals surface area contributed by atoms with Gasteiger partial charge in [0.1, 0.15) is 10.8 Å². The van der Waals surface area contributed by atoms with E-state index in [1.807, 2.05) is 0 Å². The Balaban J connectivity index is 1.57. The zero-order valence-electron chi connectivity index (χ0n) is 13.8. The van der Waals surface area contributed by atoms with E-state index in [-0.39, 0.29) is 17.4 Å². The summed E-state index contributed by atoms with van der Waals surface area (Å²) >= 11 is 7.15. The highest BCUT2D eigenvalue weighted by Crippen LogP contribution is 2.22. The minimum atomic E-state index is -0.358. The van der Waals surface area contributed by atoms with Crippen molar-refractivity contribution >= 4 is 34.8 Å². The molecule has 0 N–H and O–H groups in total. The van der Waals surface area contributed by atoms with Gasteiger partial charge in [-0.05, 0) is 48.5 Å². The second kappa shape index (κ2) is 7.46. The highest BCUT2D eigenvalue weighted by Gasteiger charge is 2.12. The summed E-state index contributed by atoms with van der Waals surface area (Å²) in [6.45, 7) is 0. The number of hydrogen-bond acceptors (Lipinski definition) is 5. The second-order valence-corrected chi connectivity index (χ2v) is 7.13. The number of halogens is 2. The van der Waals surface area contributed by atoms with E-state index in [1.165, 1.54) is 23.9 Å². The molecule has 0 saturated heterocycles. The van der Waals surface area contributed by atoms with Crippen LogP contribution in [0, 0.1) is 5.82 Å². The summed E-state index contributed by atoms with van der Waals surface area (Å²) < 4.78 is 15.1. The normalized spacial score (nSPS) is 11.0. The van der Waals surface area contributed by atoms with Crippen molar-refractivity contribution in [2.45, 2.75) is 5.03 Å². The van der Waals surface area contributed by atoms with E-state index in [9.17, 15) is 9.18 Å². The van der Waals surface area contributed by atoms with Crippen molar-refractivity contribution in [1.82, 2.24) is 19.8 Å². The highest BCUT2D eigenvalue weighted by atomic mass is 35.5. The van der Waals surface area contributed by atoms with Gasteiger partial charge in [-0.15, -0.1) is 10.2 Å². The van der Waals surface area contributed by atoms with Crippen LogP contribution < -0.4 is 0 Å². The number of benzene rings is 2. The molecule has 4 rings (SSSR count). The lowest BCUT2D eigenvalue weighted by Gasteiger charge is -2.04. The number of Topliss-reactive ketones (excluding diaryl/α,β-unsaturated/α-hetero) is 1. The Kier molecular flexibility index (Phi) is 4.87. The summed E-state index contributed by atoms with van der Waals surface area (Å²) in [6, 6.07) is 16.4. The summed E-state index contributed by atoms with van der Waals surface area (Å²) in [5, 5.41) is 13.9. The molecule has 0 spiro atoms. The average molecular weight is 399 g/mol. The number of rotatable bonds is 5. The minimum Gasteiger partial charge on any atom is -0.293 e. The fourth-order valence-corrected chi connectivity index (χ4v) is 3.39. The van der Waals surface area contributed by atoms with Gasteiger partial charge in [0.25, 0.3) is 0 Å². The Labute approximate surface area is 163 Å². The summed E-state index contributed by atoms with van der Waals surface area (Å²) in [5.41, 5.74) is 1.72. The maximum Gasteiger partial charge on any atom is 0.185 e. The number of thioether (sulfide) groups is 1. The van der Waals surface area contributed by atoms with Gasteiger partial charge in [0.15, 0.2) is 17.3 Å². The molecule has 2 heterocycles. The van der Waals surface area contributed by atoms with Crippen LogP contribution in [-0.4, -0.2) is 31.3 Å². The van der Waals surface area contributed by atoms with Crippen molar-refractivity contribution < 1.29 is 9.18 Å². The van der Waals surface area contributed by atoms with Gasteiger partial charge in [0, 0.05) is 16.1 Å². The quantitative estimate of drug-likeness (QED) is 0.364. The monoisotopic (exact) mass is 398 g/mol. The first-order valence-corrected chi connectivity index (χ1v) is 9.36. The van der Waals surface area contributed by atoms with E-state index in [4.69, 9.17) is 11.6 Å². The van der Waals surface area contributed by atoms with Crippen molar-refractivity contribution in [2.24, 2.45) is 0 Å². The first-order chi connectivity index (χ1) is 13.1. The van der Waals surface area contributed by atoms with E-state index in [0.29, 0.717) is 32.6 Å². The zero-order valence-corrected chi connectivity index (χ0v) is 15.4. The highest BCUT2D eigenvalue weighted by molar-refractivity contribution is 7.99. The van der Waals surface area contributed by atoms with Gasteiger partial charge in [-0.25, -0.2) is 4.39 Å². The van der Waals surface area contributed by atoms with Gasteiger partial charge in [-0.2, -0.15) is 9.61 Å². The number of carbonyl (C=O) groups is 1. The van der Waals surface area contributed by atoms with Gasteiger partial charge < -0.3 is 0 Å². The molecule has 2 aromatic carbocycles. The summed E-state index contributed by atoms with van der Waals surface area (Å²) in [7, 11) is 0. The number of aromatic nitrogens is 4. The number of carbonyl (C=O) groups excluding carboxylic acids is 1. The Morgan fingerprint density at radius 3 is 2.67 bits per heavy atom. The van der Waals surface area contributed by atoms with Crippen LogP contribution in [0.2, 0.25) is 5.02 Å².